The normalized spacial score (nSPS) is 13.7. The van der Waals surface area contributed by atoms with Gasteiger partial charge in [0.15, 0.2) is 5.78 Å². The van der Waals surface area contributed by atoms with E-state index in [2.05, 4.69) is 20.6 Å². The molecule has 8 nitrogen and oxygen atoms in total. The number of aromatic nitrogens is 2. The average molecular weight is 430 g/mol. The van der Waals surface area contributed by atoms with Crippen LogP contribution in [0.25, 0.3) is 0 Å². The van der Waals surface area contributed by atoms with Crippen LogP contribution < -0.4 is 15.4 Å². The van der Waals surface area contributed by atoms with Crippen LogP contribution in [0.15, 0.2) is 67.3 Å². The van der Waals surface area contributed by atoms with Crippen LogP contribution in [-0.4, -0.2) is 33.1 Å². The van der Waals surface area contributed by atoms with Gasteiger partial charge in [0.1, 0.15) is 23.4 Å². The molecule has 1 aliphatic carbocycles. The van der Waals surface area contributed by atoms with Gasteiger partial charge in [0.2, 0.25) is 5.91 Å². The van der Waals surface area contributed by atoms with Gasteiger partial charge in [-0.15, -0.1) is 0 Å². The van der Waals surface area contributed by atoms with Gasteiger partial charge in [0, 0.05) is 24.5 Å². The molecular formula is C24H22N4O4. The van der Waals surface area contributed by atoms with Crippen LogP contribution in [-0.2, 0) is 11.3 Å². The quantitative estimate of drug-likeness (QED) is 0.532. The Morgan fingerprint density at radius 1 is 0.906 bits per heavy atom. The average Bonchev–Trinajstić information content (AvgIpc) is 3.60. The number of rotatable bonds is 8. The van der Waals surface area contributed by atoms with Gasteiger partial charge in [-0.2, -0.15) is 0 Å². The van der Waals surface area contributed by atoms with E-state index in [0.717, 1.165) is 5.56 Å². The molecule has 3 aromatic rings. The predicted octanol–water partition coefficient (Wildman–Crippen LogP) is 3.05. The molecule has 1 heterocycles. The van der Waals surface area contributed by atoms with Crippen molar-refractivity contribution in [2.45, 2.75) is 31.8 Å². The smallest absolute Gasteiger partial charge is 0.255 e. The van der Waals surface area contributed by atoms with Crippen LogP contribution in [0.5, 0.6) is 11.5 Å². The minimum Gasteiger partial charge on any atom is -0.457 e. The molecule has 1 aliphatic rings. The zero-order valence-electron chi connectivity index (χ0n) is 17.5. The monoisotopic (exact) mass is 430 g/mol. The number of hydrogen-bond acceptors (Lipinski definition) is 6. The predicted molar refractivity (Wildman–Crippen MR) is 116 cm³/mol. The number of carbonyl (C=O) groups is 3. The molecule has 4 rings (SSSR count). The fraction of sp³-hybridized carbons (Fsp3) is 0.208. The zero-order valence-corrected chi connectivity index (χ0v) is 17.5. The third-order valence-electron chi connectivity index (χ3n) is 5.23. The van der Waals surface area contributed by atoms with E-state index >= 15 is 0 Å². The number of hydrogen-bond donors (Lipinski definition) is 2. The fourth-order valence-corrected chi connectivity index (χ4v) is 3.16. The summed E-state index contributed by atoms with van der Waals surface area (Å²) in [6.07, 6.45) is 5.35. The lowest BCUT2D eigenvalue weighted by molar-refractivity contribution is -0.124. The van der Waals surface area contributed by atoms with Gasteiger partial charge in [0.05, 0.1) is 5.56 Å². The van der Waals surface area contributed by atoms with Crippen molar-refractivity contribution in [1.29, 1.82) is 0 Å². The van der Waals surface area contributed by atoms with E-state index in [0.29, 0.717) is 42.0 Å². The number of nitrogens with zero attached hydrogens (tertiary/aromatic N) is 2. The van der Waals surface area contributed by atoms with Crippen molar-refractivity contribution in [3.05, 3.63) is 83.9 Å². The van der Waals surface area contributed by atoms with Gasteiger partial charge in [-0.3, -0.25) is 14.4 Å². The summed E-state index contributed by atoms with van der Waals surface area (Å²) in [5.74, 6) is 0.701. The first-order chi connectivity index (χ1) is 15.4. The number of amides is 2. The Morgan fingerprint density at radius 3 is 2.06 bits per heavy atom. The summed E-state index contributed by atoms with van der Waals surface area (Å²) in [7, 11) is 0. The number of benzene rings is 2. The highest BCUT2D eigenvalue weighted by Crippen LogP contribution is 2.36. The first kappa shape index (κ1) is 21.2. The van der Waals surface area contributed by atoms with E-state index < -0.39 is 5.54 Å². The Morgan fingerprint density at radius 2 is 1.50 bits per heavy atom. The van der Waals surface area contributed by atoms with Crippen LogP contribution in [0.4, 0.5) is 0 Å². The van der Waals surface area contributed by atoms with E-state index in [1.165, 1.54) is 25.6 Å². The van der Waals surface area contributed by atoms with E-state index in [-0.39, 0.29) is 17.6 Å². The van der Waals surface area contributed by atoms with E-state index in [4.69, 9.17) is 4.74 Å². The van der Waals surface area contributed by atoms with E-state index in [1.54, 1.807) is 24.3 Å². The van der Waals surface area contributed by atoms with Gasteiger partial charge in [-0.1, -0.05) is 12.1 Å². The first-order valence-electron chi connectivity index (χ1n) is 10.2. The SMILES string of the molecule is CC(=O)c1ccc(Oc2ccc(CNC(=O)C3(NC(=O)c4cncnc4)CC3)cc2)cc1. The van der Waals surface area contributed by atoms with Gasteiger partial charge < -0.3 is 15.4 Å². The summed E-state index contributed by atoms with van der Waals surface area (Å²) in [4.78, 5) is 44.0. The number of ether oxygens (including phenoxy) is 1. The van der Waals surface area contributed by atoms with Gasteiger partial charge >= 0.3 is 0 Å². The van der Waals surface area contributed by atoms with Crippen molar-refractivity contribution >= 4 is 17.6 Å². The number of nitrogens with one attached hydrogen (secondary N) is 2. The maximum Gasteiger partial charge on any atom is 0.255 e. The van der Waals surface area contributed by atoms with Crippen LogP contribution in [0.2, 0.25) is 0 Å². The molecule has 0 radical (unpaired) electrons. The van der Waals surface area contributed by atoms with Crippen molar-refractivity contribution in [2.75, 3.05) is 0 Å². The maximum atomic E-state index is 12.6. The second-order valence-electron chi connectivity index (χ2n) is 7.67. The van der Waals surface area contributed by atoms with Crippen molar-refractivity contribution in [2.24, 2.45) is 0 Å². The lowest BCUT2D eigenvalue weighted by Gasteiger charge is -2.17. The van der Waals surface area contributed by atoms with Crippen LogP contribution in [0.1, 0.15) is 46.0 Å². The van der Waals surface area contributed by atoms with Crippen LogP contribution in [0, 0.1) is 0 Å². The fourth-order valence-electron chi connectivity index (χ4n) is 3.16. The lowest BCUT2D eigenvalue weighted by Crippen LogP contribution is -2.48. The maximum absolute atomic E-state index is 12.6. The lowest BCUT2D eigenvalue weighted by atomic mass is 10.1. The summed E-state index contributed by atoms with van der Waals surface area (Å²) < 4.78 is 5.79. The Kier molecular flexibility index (Phi) is 5.93. The summed E-state index contributed by atoms with van der Waals surface area (Å²) >= 11 is 0. The summed E-state index contributed by atoms with van der Waals surface area (Å²) in [5.41, 5.74) is 0.974. The second-order valence-corrected chi connectivity index (χ2v) is 7.67. The highest BCUT2D eigenvalue weighted by molar-refractivity contribution is 6.00. The molecule has 1 fully saturated rings. The van der Waals surface area contributed by atoms with Crippen LogP contribution >= 0.6 is 0 Å². The topological polar surface area (TPSA) is 110 Å². The largest absolute Gasteiger partial charge is 0.457 e. The standard InChI is InChI=1S/C24H22N4O4/c1-16(29)18-4-8-21(9-5-18)32-20-6-2-17(3-7-20)12-27-23(31)24(10-11-24)28-22(30)19-13-25-15-26-14-19/h2-9,13-15H,10-12H2,1H3,(H,27,31)(H,28,30). The summed E-state index contributed by atoms with van der Waals surface area (Å²) in [6.45, 7) is 1.85. The molecule has 0 bridgehead atoms. The van der Waals surface area contributed by atoms with Crippen molar-refractivity contribution in [1.82, 2.24) is 20.6 Å². The molecule has 162 valence electrons. The Labute approximate surface area is 185 Å². The van der Waals surface area contributed by atoms with Crippen LogP contribution in [0.3, 0.4) is 0 Å². The molecule has 1 aromatic heterocycles. The van der Waals surface area contributed by atoms with E-state index in [9.17, 15) is 14.4 Å². The molecule has 2 N–H and O–H groups in total. The Bertz CT molecular complexity index is 1120. The molecule has 0 saturated heterocycles. The summed E-state index contributed by atoms with van der Waals surface area (Å²) in [6, 6.07) is 14.3. The highest BCUT2D eigenvalue weighted by atomic mass is 16.5. The first-order valence-corrected chi connectivity index (χ1v) is 10.2. The second kappa shape index (κ2) is 8.97. The Balaban J connectivity index is 1.29. The van der Waals surface area contributed by atoms with Crippen molar-refractivity contribution in [3.63, 3.8) is 0 Å². The molecule has 8 heteroatoms. The molecule has 32 heavy (non-hydrogen) atoms. The van der Waals surface area contributed by atoms with E-state index in [1.807, 2.05) is 24.3 Å². The molecule has 0 atom stereocenters. The molecule has 1 saturated carbocycles. The van der Waals surface area contributed by atoms with Crippen molar-refractivity contribution in [3.8, 4) is 11.5 Å². The molecule has 0 aliphatic heterocycles. The third-order valence-corrected chi connectivity index (χ3v) is 5.23. The minimum atomic E-state index is -0.873. The molecular weight excluding hydrogens is 408 g/mol. The Hall–Kier alpha value is -4.07. The third kappa shape index (κ3) is 4.97. The molecule has 2 aromatic carbocycles. The summed E-state index contributed by atoms with van der Waals surface area (Å²) in [5, 5.41) is 5.68. The minimum absolute atomic E-state index is 0.00424. The highest BCUT2D eigenvalue weighted by Gasteiger charge is 2.51. The number of ketones is 1. The van der Waals surface area contributed by atoms with Gasteiger partial charge in [0.25, 0.3) is 5.91 Å². The van der Waals surface area contributed by atoms with Crippen molar-refractivity contribution < 1.29 is 19.1 Å². The number of Topliss-reactive ketones (excluding diaryl/α,β-unsaturated/α-hetero) is 1. The zero-order chi connectivity index (χ0) is 22.6. The van der Waals surface area contributed by atoms with Gasteiger partial charge in [-0.25, -0.2) is 9.97 Å². The molecule has 0 spiro atoms. The van der Waals surface area contributed by atoms with Gasteiger partial charge in [-0.05, 0) is 61.7 Å². The molecule has 2 amide bonds. The number of carbonyl (C=O) groups excluding carboxylic acids is 3. The molecule has 0 unspecified atom stereocenters.